The van der Waals surface area contributed by atoms with E-state index in [1.165, 1.54) is 24.0 Å². The van der Waals surface area contributed by atoms with Gasteiger partial charge in [-0.1, -0.05) is 12.8 Å². The summed E-state index contributed by atoms with van der Waals surface area (Å²) in [6.45, 7) is 0. The zero-order valence-electron chi connectivity index (χ0n) is 11.0. The van der Waals surface area contributed by atoms with Gasteiger partial charge in [-0.2, -0.15) is 9.40 Å². The van der Waals surface area contributed by atoms with Crippen LogP contribution in [0.4, 0.5) is 0 Å². The zero-order valence-corrected chi connectivity index (χ0v) is 11.9. The fourth-order valence-corrected chi connectivity index (χ4v) is 4.29. The number of amides is 1. The smallest absolute Gasteiger partial charge is 0.260 e. The number of sulfonamides is 1. The van der Waals surface area contributed by atoms with Crippen molar-refractivity contribution in [3.63, 3.8) is 0 Å². The van der Waals surface area contributed by atoms with Gasteiger partial charge in [0.2, 0.25) is 5.91 Å². The van der Waals surface area contributed by atoms with Crippen molar-refractivity contribution in [2.24, 2.45) is 12.8 Å². The first-order valence-corrected chi connectivity index (χ1v) is 7.53. The third kappa shape index (κ3) is 2.04. The first-order chi connectivity index (χ1) is 8.82. The molecule has 1 saturated carbocycles. The minimum absolute atomic E-state index is 0.0579. The van der Waals surface area contributed by atoms with Crippen molar-refractivity contribution in [2.75, 3.05) is 7.05 Å². The number of primary amides is 1. The topological polar surface area (TPSA) is 98.3 Å². The molecule has 1 heterocycles. The van der Waals surface area contributed by atoms with Crippen LogP contribution in [-0.2, 0) is 21.9 Å². The standard InChI is InChI=1S/C11H18N4O3S/c1-14-9(5-8-13-14)19(17,18)15(2)11(10(12)16)6-3-4-7-11/h5,8H,3-4,6-7H2,1-2H3,(H2,12,16). The Morgan fingerprint density at radius 2 is 2.05 bits per heavy atom. The molecule has 1 amide bonds. The molecule has 0 spiro atoms. The third-order valence-corrected chi connectivity index (χ3v) is 5.89. The Kier molecular flexibility index (Phi) is 3.40. The minimum Gasteiger partial charge on any atom is -0.368 e. The lowest BCUT2D eigenvalue weighted by molar-refractivity contribution is -0.126. The van der Waals surface area contributed by atoms with Gasteiger partial charge in [0.25, 0.3) is 10.0 Å². The van der Waals surface area contributed by atoms with Gasteiger partial charge in [0, 0.05) is 14.1 Å². The molecule has 1 aliphatic carbocycles. The Morgan fingerprint density at radius 3 is 2.47 bits per heavy atom. The molecular formula is C11H18N4O3S. The maximum Gasteiger partial charge on any atom is 0.260 e. The second-order valence-corrected chi connectivity index (χ2v) is 6.78. The first-order valence-electron chi connectivity index (χ1n) is 6.09. The molecule has 106 valence electrons. The van der Waals surface area contributed by atoms with Gasteiger partial charge < -0.3 is 5.73 Å². The van der Waals surface area contributed by atoms with Crippen LogP contribution in [0.2, 0.25) is 0 Å². The molecule has 0 unspecified atom stereocenters. The van der Waals surface area contributed by atoms with Gasteiger partial charge in [-0.15, -0.1) is 0 Å². The predicted molar refractivity (Wildman–Crippen MR) is 68.6 cm³/mol. The van der Waals surface area contributed by atoms with Gasteiger partial charge in [-0.3, -0.25) is 9.48 Å². The van der Waals surface area contributed by atoms with E-state index in [0.29, 0.717) is 12.8 Å². The molecule has 19 heavy (non-hydrogen) atoms. The number of hydrogen-bond donors (Lipinski definition) is 1. The molecule has 2 N–H and O–H groups in total. The SMILES string of the molecule is CN(C1(C(N)=O)CCCC1)S(=O)(=O)c1ccnn1C. The molecule has 0 aliphatic heterocycles. The fraction of sp³-hybridized carbons (Fsp3) is 0.636. The average Bonchev–Trinajstić information content (AvgIpc) is 2.96. The molecule has 0 radical (unpaired) electrons. The van der Waals surface area contributed by atoms with Crippen molar-refractivity contribution >= 4 is 15.9 Å². The summed E-state index contributed by atoms with van der Waals surface area (Å²) in [5, 5.41) is 3.91. The highest BCUT2D eigenvalue weighted by atomic mass is 32.2. The number of hydrogen-bond acceptors (Lipinski definition) is 4. The molecule has 8 heteroatoms. The van der Waals surface area contributed by atoms with Gasteiger partial charge >= 0.3 is 0 Å². The van der Waals surface area contributed by atoms with E-state index in [9.17, 15) is 13.2 Å². The van der Waals surface area contributed by atoms with Crippen molar-refractivity contribution in [1.29, 1.82) is 0 Å². The Labute approximate surface area is 112 Å². The van der Waals surface area contributed by atoms with Crippen LogP contribution in [0.25, 0.3) is 0 Å². The third-order valence-electron chi connectivity index (χ3n) is 3.89. The lowest BCUT2D eigenvalue weighted by Crippen LogP contribution is -2.56. The lowest BCUT2D eigenvalue weighted by atomic mass is 9.97. The highest BCUT2D eigenvalue weighted by molar-refractivity contribution is 7.89. The van der Waals surface area contributed by atoms with Crippen LogP contribution in [0.1, 0.15) is 25.7 Å². The molecule has 1 aromatic rings. The van der Waals surface area contributed by atoms with Gasteiger partial charge in [-0.25, -0.2) is 8.42 Å². The van der Waals surface area contributed by atoms with Gasteiger partial charge in [0.1, 0.15) is 5.54 Å². The Bertz CT molecular complexity index is 587. The summed E-state index contributed by atoms with van der Waals surface area (Å²) in [4.78, 5) is 11.8. The van der Waals surface area contributed by atoms with E-state index in [4.69, 9.17) is 5.73 Å². The predicted octanol–water partition coefficient (Wildman–Crippen LogP) is -0.161. The maximum absolute atomic E-state index is 12.6. The highest BCUT2D eigenvalue weighted by Crippen LogP contribution is 2.37. The van der Waals surface area contributed by atoms with Crippen molar-refractivity contribution in [3.8, 4) is 0 Å². The molecule has 0 aromatic carbocycles. The molecule has 1 aliphatic rings. The van der Waals surface area contributed by atoms with Crippen LogP contribution >= 0.6 is 0 Å². The lowest BCUT2D eigenvalue weighted by Gasteiger charge is -2.34. The minimum atomic E-state index is -3.78. The van der Waals surface area contributed by atoms with Gasteiger partial charge in [0.15, 0.2) is 5.03 Å². The molecule has 0 atom stereocenters. The number of rotatable bonds is 4. The van der Waals surface area contributed by atoms with Gasteiger partial charge in [0.05, 0.1) is 6.20 Å². The molecule has 2 rings (SSSR count). The van der Waals surface area contributed by atoms with Crippen molar-refractivity contribution in [1.82, 2.24) is 14.1 Å². The van der Waals surface area contributed by atoms with Crippen LogP contribution < -0.4 is 5.73 Å². The summed E-state index contributed by atoms with van der Waals surface area (Å²) in [5.74, 6) is -0.585. The van der Waals surface area contributed by atoms with E-state index < -0.39 is 21.5 Å². The quantitative estimate of drug-likeness (QED) is 0.831. The number of aromatic nitrogens is 2. The average molecular weight is 286 g/mol. The largest absolute Gasteiger partial charge is 0.368 e. The molecule has 0 bridgehead atoms. The van der Waals surface area contributed by atoms with E-state index in [0.717, 1.165) is 17.1 Å². The van der Waals surface area contributed by atoms with E-state index >= 15 is 0 Å². The zero-order chi connectivity index (χ0) is 14.3. The Balaban J connectivity index is 2.46. The molecule has 1 aromatic heterocycles. The second kappa shape index (κ2) is 4.61. The normalized spacial score (nSPS) is 18.9. The first kappa shape index (κ1) is 14.0. The number of nitrogens with zero attached hydrogens (tertiary/aromatic N) is 3. The Hall–Kier alpha value is -1.41. The van der Waals surface area contributed by atoms with Crippen molar-refractivity contribution in [2.45, 2.75) is 36.2 Å². The van der Waals surface area contributed by atoms with Crippen LogP contribution in [0.15, 0.2) is 17.3 Å². The number of aryl methyl sites for hydroxylation is 1. The van der Waals surface area contributed by atoms with Crippen molar-refractivity contribution in [3.05, 3.63) is 12.3 Å². The van der Waals surface area contributed by atoms with E-state index in [1.54, 1.807) is 7.05 Å². The summed E-state index contributed by atoms with van der Waals surface area (Å²) in [6.07, 6.45) is 3.94. The van der Waals surface area contributed by atoms with E-state index in [1.807, 2.05) is 0 Å². The fourth-order valence-electron chi connectivity index (χ4n) is 2.66. The van der Waals surface area contributed by atoms with Crippen LogP contribution in [0, 0.1) is 0 Å². The molecule has 0 saturated heterocycles. The van der Waals surface area contributed by atoms with Crippen LogP contribution in [-0.4, -0.2) is 41.0 Å². The molecule has 1 fully saturated rings. The number of nitrogens with two attached hydrogens (primary N) is 1. The maximum atomic E-state index is 12.6. The second-order valence-electron chi connectivity index (χ2n) is 4.87. The van der Waals surface area contributed by atoms with Gasteiger partial charge in [-0.05, 0) is 18.9 Å². The monoisotopic (exact) mass is 286 g/mol. The summed E-state index contributed by atoms with van der Waals surface area (Å²) < 4.78 is 27.5. The van der Waals surface area contributed by atoms with Crippen LogP contribution in [0.5, 0.6) is 0 Å². The number of carbonyl (C=O) groups is 1. The summed E-state index contributed by atoms with van der Waals surface area (Å²) in [7, 11) is -0.817. The summed E-state index contributed by atoms with van der Waals surface area (Å²) in [6, 6.07) is 1.41. The van der Waals surface area contributed by atoms with E-state index in [-0.39, 0.29) is 5.03 Å². The number of carbonyl (C=O) groups excluding carboxylic acids is 1. The highest BCUT2D eigenvalue weighted by Gasteiger charge is 2.48. The summed E-state index contributed by atoms with van der Waals surface area (Å²) in [5.41, 5.74) is 4.35. The van der Waals surface area contributed by atoms with Crippen molar-refractivity contribution < 1.29 is 13.2 Å². The molecular weight excluding hydrogens is 268 g/mol. The number of likely N-dealkylation sites (N-methyl/N-ethyl adjacent to an activating group) is 1. The molecule has 7 nitrogen and oxygen atoms in total. The Morgan fingerprint density at radius 1 is 1.47 bits per heavy atom. The summed E-state index contributed by atoms with van der Waals surface area (Å²) >= 11 is 0. The van der Waals surface area contributed by atoms with Crippen LogP contribution in [0.3, 0.4) is 0 Å². The van der Waals surface area contributed by atoms with E-state index in [2.05, 4.69) is 5.10 Å².